The van der Waals surface area contributed by atoms with E-state index < -0.39 is 11.9 Å². The van der Waals surface area contributed by atoms with Crippen LogP contribution in [0.25, 0.3) is 0 Å². The summed E-state index contributed by atoms with van der Waals surface area (Å²) in [7, 11) is 0. The summed E-state index contributed by atoms with van der Waals surface area (Å²) in [5, 5.41) is 18.8. The lowest BCUT2D eigenvalue weighted by Crippen LogP contribution is -2.30. The van der Waals surface area contributed by atoms with Crippen LogP contribution in [-0.4, -0.2) is 22.2 Å². The molecule has 0 amide bonds. The van der Waals surface area contributed by atoms with Crippen molar-refractivity contribution in [1.82, 2.24) is 0 Å². The van der Waals surface area contributed by atoms with Gasteiger partial charge in [-0.3, -0.25) is 4.79 Å². The summed E-state index contributed by atoms with van der Waals surface area (Å²) < 4.78 is 6.56. The molecule has 0 heterocycles. The number of para-hydroxylation sites is 1. The van der Waals surface area contributed by atoms with Gasteiger partial charge in [-0.1, -0.05) is 82.6 Å². The minimum Gasteiger partial charge on any atom is -0.486 e. The van der Waals surface area contributed by atoms with Gasteiger partial charge in [0.15, 0.2) is 0 Å². The number of carboxylic acids is 2. The monoisotopic (exact) mass is 584 g/mol. The smallest absolute Gasteiger partial charge is 0.335 e. The predicted octanol–water partition coefficient (Wildman–Crippen LogP) is 9.53. The van der Waals surface area contributed by atoms with Crippen molar-refractivity contribution >= 4 is 11.9 Å². The minimum atomic E-state index is -0.891. The van der Waals surface area contributed by atoms with Gasteiger partial charge in [0.1, 0.15) is 11.9 Å². The molecular formula is C38H48O5. The number of rotatable bonds is 13. The molecule has 0 aromatic heterocycles. The zero-order chi connectivity index (χ0) is 31.2. The van der Waals surface area contributed by atoms with Gasteiger partial charge in [0, 0.05) is 6.42 Å². The molecule has 1 aliphatic carbocycles. The van der Waals surface area contributed by atoms with Crippen molar-refractivity contribution in [3.05, 3.63) is 100 Å². The molecule has 0 saturated carbocycles. The van der Waals surface area contributed by atoms with Crippen molar-refractivity contribution in [3.63, 3.8) is 0 Å². The average molecular weight is 585 g/mol. The summed E-state index contributed by atoms with van der Waals surface area (Å²) in [6.45, 7) is 11.1. The third-order valence-corrected chi connectivity index (χ3v) is 9.42. The molecule has 43 heavy (non-hydrogen) atoms. The van der Waals surface area contributed by atoms with Crippen LogP contribution >= 0.6 is 0 Å². The van der Waals surface area contributed by atoms with Crippen molar-refractivity contribution in [3.8, 4) is 5.75 Å². The maximum Gasteiger partial charge on any atom is 0.335 e. The zero-order valence-electron chi connectivity index (χ0n) is 26.5. The maximum atomic E-state index is 11.6. The first-order valence-electron chi connectivity index (χ1n) is 15.8. The number of carboxylic acid groups (broad SMARTS) is 2. The molecular weight excluding hydrogens is 536 g/mol. The summed E-state index contributed by atoms with van der Waals surface area (Å²) in [6, 6.07) is 22.6. The average Bonchev–Trinajstić information content (AvgIpc) is 2.97. The van der Waals surface area contributed by atoms with E-state index in [-0.39, 0.29) is 29.3 Å². The third-order valence-electron chi connectivity index (χ3n) is 9.42. The van der Waals surface area contributed by atoms with Gasteiger partial charge in [0.2, 0.25) is 0 Å². The highest BCUT2D eigenvalue weighted by Crippen LogP contribution is 2.50. The summed E-state index contributed by atoms with van der Waals surface area (Å²) in [6.07, 6.45) is 7.27. The fraction of sp³-hybridized carbons (Fsp3) is 0.474. The Hall–Kier alpha value is -3.60. The van der Waals surface area contributed by atoms with Crippen LogP contribution in [-0.2, 0) is 23.1 Å². The van der Waals surface area contributed by atoms with Crippen molar-refractivity contribution < 1.29 is 24.5 Å². The number of aliphatic carboxylic acids is 1. The Morgan fingerprint density at radius 3 is 2.33 bits per heavy atom. The van der Waals surface area contributed by atoms with Crippen molar-refractivity contribution in [2.75, 3.05) is 0 Å². The van der Waals surface area contributed by atoms with Gasteiger partial charge in [-0.2, -0.15) is 0 Å². The molecule has 0 fully saturated rings. The van der Waals surface area contributed by atoms with Gasteiger partial charge in [0.05, 0.1) is 5.56 Å². The second-order valence-corrected chi connectivity index (χ2v) is 13.7. The van der Waals surface area contributed by atoms with E-state index in [4.69, 9.17) is 4.74 Å². The standard InChI is InChI=1S/C38H48O5/c1-26(27-16-19-31(20-17-27)37(2,3)4)43-34-14-7-6-11-28(34)22-24-38(5,23-9-8-15-35(39)40)33-13-10-12-29-25-30(36(41)42)18-21-32(29)33/h6-7,11,14,16-21,25-26,33H,8-10,12-13,15,22-24H2,1-5H3,(H,39,40)(H,41,42)/t26-,33?,38?/m1/s1. The number of unbranched alkanes of at least 4 members (excludes halogenated alkanes) is 1. The highest BCUT2D eigenvalue weighted by atomic mass is 16.5. The van der Waals surface area contributed by atoms with Crippen LogP contribution in [0.1, 0.15) is 130 Å². The van der Waals surface area contributed by atoms with Crippen LogP contribution in [0.3, 0.4) is 0 Å². The van der Waals surface area contributed by atoms with Gasteiger partial charge in [-0.05, 0) is 115 Å². The molecule has 3 atom stereocenters. The summed E-state index contributed by atoms with van der Waals surface area (Å²) in [4.78, 5) is 22.9. The Kier molecular flexibility index (Phi) is 10.4. The summed E-state index contributed by atoms with van der Waals surface area (Å²) >= 11 is 0. The van der Waals surface area contributed by atoms with E-state index in [1.54, 1.807) is 6.07 Å². The Bertz CT molecular complexity index is 1400. The lowest BCUT2D eigenvalue weighted by Gasteiger charge is -2.42. The third kappa shape index (κ3) is 8.28. The highest BCUT2D eigenvalue weighted by molar-refractivity contribution is 5.88. The molecule has 0 aliphatic heterocycles. The SMILES string of the molecule is C[C@@H](Oc1ccccc1CCC(C)(CCCCC(=O)O)C1CCCc2cc(C(=O)O)ccc21)c1ccc(C(C)(C)C)cc1. The van der Waals surface area contributed by atoms with Gasteiger partial charge in [-0.15, -0.1) is 0 Å². The molecule has 2 unspecified atom stereocenters. The quantitative estimate of drug-likeness (QED) is 0.195. The van der Waals surface area contributed by atoms with Crippen LogP contribution in [0.15, 0.2) is 66.7 Å². The van der Waals surface area contributed by atoms with Crippen molar-refractivity contribution in [1.29, 1.82) is 0 Å². The topological polar surface area (TPSA) is 83.8 Å². The molecule has 5 heteroatoms. The Labute approximate surface area is 257 Å². The van der Waals surface area contributed by atoms with E-state index in [0.29, 0.717) is 12.0 Å². The van der Waals surface area contributed by atoms with Gasteiger partial charge < -0.3 is 14.9 Å². The van der Waals surface area contributed by atoms with E-state index >= 15 is 0 Å². The van der Waals surface area contributed by atoms with Crippen LogP contribution in [0.4, 0.5) is 0 Å². The molecule has 230 valence electrons. The number of carbonyl (C=O) groups is 2. The van der Waals surface area contributed by atoms with E-state index in [1.807, 2.05) is 18.2 Å². The van der Waals surface area contributed by atoms with E-state index in [0.717, 1.165) is 61.8 Å². The van der Waals surface area contributed by atoms with Crippen molar-refractivity contribution in [2.24, 2.45) is 5.41 Å². The largest absolute Gasteiger partial charge is 0.486 e. The van der Waals surface area contributed by atoms with E-state index in [1.165, 1.54) is 16.7 Å². The van der Waals surface area contributed by atoms with Gasteiger partial charge >= 0.3 is 11.9 Å². The number of fused-ring (bicyclic) bond motifs is 1. The molecule has 2 N–H and O–H groups in total. The van der Waals surface area contributed by atoms with Crippen LogP contribution < -0.4 is 4.74 Å². The summed E-state index contributed by atoms with van der Waals surface area (Å²) in [5.74, 6) is -0.452. The van der Waals surface area contributed by atoms with Crippen LogP contribution in [0, 0.1) is 5.41 Å². The van der Waals surface area contributed by atoms with Crippen LogP contribution in [0.2, 0.25) is 0 Å². The number of benzene rings is 3. The van der Waals surface area contributed by atoms with Gasteiger partial charge in [-0.25, -0.2) is 4.79 Å². The molecule has 0 saturated heterocycles. The lowest BCUT2D eigenvalue weighted by molar-refractivity contribution is -0.137. The van der Waals surface area contributed by atoms with Crippen molar-refractivity contribution in [2.45, 2.75) is 110 Å². The maximum absolute atomic E-state index is 11.6. The second-order valence-electron chi connectivity index (χ2n) is 13.7. The molecule has 0 spiro atoms. The number of aromatic carboxylic acids is 1. The molecule has 0 radical (unpaired) electrons. The predicted molar refractivity (Wildman–Crippen MR) is 172 cm³/mol. The Morgan fingerprint density at radius 2 is 1.65 bits per heavy atom. The molecule has 5 nitrogen and oxygen atoms in total. The molecule has 4 rings (SSSR count). The first kappa shape index (κ1) is 32.3. The number of aryl methyl sites for hydroxylation is 2. The van der Waals surface area contributed by atoms with Gasteiger partial charge in [0.25, 0.3) is 0 Å². The molecule has 1 aliphatic rings. The molecule has 3 aromatic rings. The molecule has 0 bridgehead atoms. The first-order chi connectivity index (χ1) is 20.4. The Morgan fingerprint density at radius 1 is 0.930 bits per heavy atom. The second kappa shape index (κ2) is 13.8. The zero-order valence-corrected chi connectivity index (χ0v) is 26.5. The van der Waals surface area contributed by atoms with E-state index in [2.05, 4.69) is 77.1 Å². The number of hydrogen-bond acceptors (Lipinski definition) is 3. The highest BCUT2D eigenvalue weighted by Gasteiger charge is 2.37. The number of hydrogen-bond donors (Lipinski definition) is 2. The minimum absolute atomic E-state index is 0.0695. The normalized spacial score (nSPS) is 17.0. The van der Waals surface area contributed by atoms with E-state index in [9.17, 15) is 19.8 Å². The van der Waals surface area contributed by atoms with Crippen LogP contribution in [0.5, 0.6) is 5.75 Å². The Balaban J connectivity index is 1.55. The fourth-order valence-corrected chi connectivity index (χ4v) is 6.71. The molecule has 3 aromatic carbocycles. The first-order valence-corrected chi connectivity index (χ1v) is 15.8. The lowest BCUT2D eigenvalue weighted by atomic mass is 9.63. The number of ether oxygens (including phenoxy) is 1. The summed E-state index contributed by atoms with van der Waals surface area (Å²) in [5.41, 5.74) is 6.40. The fourth-order valence-electron chi connectivity index (χ4n) is 6.71.